The third-order valence-electron chi connectivity index (χ3n) is 4.26. The highest BCUT2D eigenvalue weighted by Crippen LogP contribution is 2.25. The fraction of sp³-hybridized carbons (Fsp3) is 0.263. The van der Waals surface area contributed by atoms with Gasteiger partial charge in [0.2, 0.25) is 5.82 Å². The van der Waals surface area contributed by atoms with E-state index in [1.165, 1.54) is 5.69 Å². The fourth-order valence-electron chi connectivity index (χ4n) is 2.83. The van der Waals surface area contributed by atoms with Gasteiger partial charge < -0.3 is 18.9 Å². The molecule has 0 aliphatic carbocycles. The molecular weight excluding hydrogens is 318 g/mol. The van der Waals surface area contributed by atoms with Crippen molar-refractivity contribution in [1.82, 2.24) is 10.1 Å². The van der Waals surface area contributed by atoms with Crippen LogP contribution in [-0.2, 0) is 4.74 Å². The summed E-state index contributed by atoms with van der Waals surface area (Å²) in [6.45, 7) is 3.39. The maximum absolute atomic E-state index is 5.40. The number of nitrogens with zero attached hydrogens (tertiary/aromatic N) is 3. The minimum Gasteiger partial charge on any atom is -0.497 e. The first-order chi connectivity index (χ1) is 12.3. The van der Waals surface area contributed by atoms with Gasteiger partial charge in [-0.25, -0.2) is 0 Å². The lowest BCUT2D eigenvalue weighted by Gasteiger charge is -2.28. The van der Waals surface area contributed by atoms with Crippen molar-refractivity contribution >= 4 is 5.69 Å². The predicted molar refractivity (Wildman–Crippen MR) is 94.8 cm³/mol. The number of methoxy groups -OCH3 is 1. The molecule has 0 radical (unpaired) electrons. The zero-order valence-corrected chi connectivity index (χ0v) is 14.0. The van der Waals surface area contributed by atoms with E-state index in [4.69, 9.17) is 14.0 Å². The normalized spacial score (nSPS) is 14.5. The van der Waals surface area contributed by atoms with E-state index in [2.05, 4.69) is 27.2 Å². The monoisotopic (exact) mass is 337 g/mol. The van der Waals surface area contributed by atoms with Gasteiger partial charge in [0.1, 0.15) is 5.75 Å². The number of benzene rings is 2. The number of hydrogen-bond acceptors (Lipinski definition) is 6. The molecule has 25 heavy (non-hydrogen) atoms. The largest absolute Gasteiger partial charge is 0.497 e. The molecule has 0 amide bonds. The Morgan fingerprint density at radius 1 is 0.920 bits per heavy atom. The zero-order chi connectivity index (χ0) is 17.1. The van der Waals surface area contributed by atoms with Gasteiger partial charge in [0, 0.05) is 29.9 Å². The smallest absolute Gasteiger partial charge is 0.258 e. The van der Waals surface area contributed by atoms with Crippen molar-refractivity contribution in [3.05, 3.63) is 48.5 Å². The summed E-state index contributed by atoms with van der Waals surface area (Å²) in [7, 11) is 1.64. The molecular formula is C19H19N3O3. The highest BCUT2D eigenvalue weighted by molar-refractivity contribution is 5.63. The summed E-state index contributed by atoms with van der Waals surface area (Å²) in [4.78, 5) is 6.81. The number of rotatable bonds is 4. The maximum atomic E-state index is 5.40. The zero-order valence-electron chi connectivity index (χ0n) is 14.0. The average Bonchev–Trinajstić information content (AvgIpc) is 3.19. The Kier molecular flexibility index (Phi) is 4.35. The molecule has 128 valence electrons. The molecule has 1 aliphatic heterocycles. The van der Waals surface area contributed by atoms with E-state index in [1.807, 2.05) is 36.4 Å². The van der Waals surface area contributed by atoms with Crippen LogP contribution in [0.1, 0.15) is 0 Å². The van der Waals surface area contributed by atoms with E-state index in [0.29, 0.717) is 11.7 Å². The Labute approximate surface area is 146 Å². The molecule has 1 saturated heterocycles. The van der Waals surface area contributed by atoms with Crippen LogP contribution in [0.15, 0.2) is 53.1 Å². The van der Waals surface area contributed by atoms with Crippen LogP contribution in [-0.4, -0.2) is 43.6 Å². The second-order valence-corrected chi connectivity index (χ2v) is 5.80. The molecule has 0 bridgehead atoms. The van der Waals surface area contributed by atoms with E-state index >= 15 is 0 Å². The second-order valence-electron chi connectivity index (χ2n) is 5.80. The Morgan fingerprint density at radius 3 is 2.28 bits per heavy atom. The standard InChI is InChI=1S/C19H19N3O3/c1-23-17-8-4-15(5-9-17)19-20-18(21-25-19)14-2-6-16(7-3-14)22-10-12-24-13-11-22/h2-9H,10-13H2,1H3. The van der Waals surface area contributed by atoms with Crippen LogP contribution in [0.3, 0.4) is 0 Å². The van der Waals surface area contributed by atoms with Crippen molar-refractivity contribution < 1.29 is 14.0 Å². The van der Waals surface area contributed by atoms with Crippen molar-refractivity contribution in [3.8, 4) is 28.6 Å². The van der Waals surface area contributed by atoms with Gasteiger partial charge in [-0.3, -0.25) is 0 Å². The molecule has 0 spiro atoms. The lowest BCUT2D eigenvalue weighted by Crippen LogP contribution is -2.36. The van der Waals surface area contributed by atoms with Crippen LogP contribution < -0.4 is 9.64 Å². The topological polar surface area (TPSA) is 60.6 Å². The molecule has 1 aliphatic rings. The first kappa shape index (κ1) is 15.7. The SMILES string of the molecule is COc1ccc(-c2nc(-c3ccc(N4CCOCC4)cc3)no2)cc1. The minimum atomic E-state index is 0.495. The van der Waals surface area contributed by atoms with Crippen molar-refractivity contribution in [2.75, 3.05) is 38.3 Å². The Hall–Kier alpha value is -2.86. The van der Waals surface area contributed by atoms with Crippen molar-refractivity contribution in [3.63, 3.8) is 0 Å². The summed E-state index contributed by atoms with van der Waals surface area (Å²) < 4.78 is 16.0. The van der Waals surface area contributed by atoms with Gasteiger partial charge in [-0.1, -0.05) is 5.16 Å². The molecule has 1 aromatic heterocycles. The number of hydrogen-bond donors (Lipinski definition) is 0. The van der Waals surface area contributed by atoms with E-state index in [-0.39, 0.29) is 0 Å². The van der Waals surface area contributed by atoms with Gasteiger partial charge in [-0.05, 0) is 48.5 Å². The van der Waals surface area contributed by atoms with Gasteiger partial charge in [0.25, 0.3) is 5.89 Å². The molecule has 0 saturated carbocycles. The molecule has 0 unspecified atom stereocenters. The summed E-state index contributed by atoms with van der Waals surface area (Å²) in [5, 5.41) is 4.10. The molecule has 0 atom stereocenters. The van der Waals surface area contributed by atoms with Gasteiger partial charge in [0.05, 0.1) is 20.3 Å². The number of ether oxygens (including phenoxy) is 2. The van der Waals surface area contributed by atoms with Crippen molar-refractivity contribution in [2.45, 2.75) is 0 Å². The predicted octanol–water partition coefficient (Wildman–Crippen LogP) is 3.25. The third kappa shape index (κ3) is 3.34. The maximum Gasteiger partial charge on any atom is 0.258 e. The Morgan fingerprint density at radius 2 is 1.60 bits per heavy atom. The molecule has 1 fully saturated rings. The lowest BCUT2D eigenvalue weighted by molar-refractivity contribution is 0.122. The molecule has 6 nitrogen and oxygen atoms in total. The van der Waals surface area contributed by atoms with Gasteiger partial charge >= 0.3 is 0 Å². The minimum absolute atomic E-state index is 0.495. The third-order valence-corrected chi connectivity index (χ3v) is 4.26. The Balaban J connectivity index is 1.53. The van der Waals surface area contributed by atoms with Gasteiger partial charge in [-0.15, -0.1) is 0 Å². The summed E-state index contributed by atoms with van der Waals surface area (Å²) in [5.74, 6) is 1.87. The second kappa shape index (κ2) is 6.94. The van der Waals surface area contributed by atoms with E-state index in [1.54, 1.807) is 7.11 Å². The Bertz CT molecular complexity index is 822. The van der Waals surface area contributed by atoms with Crippen molar-refractivity contribution in [2.24, 2.45) is 0 Å². The van der Waals surface area contributed by atoms with Crippen molar-refractivity contribution in [1.29, 1.82) is 0 Å². The molecule has 4 rings (SSSR count). The lowest BCUT2D eigenvalue weighted by atomic mass is 10.1. The van der Waals surface area contributed by atoms with Crippen LogP contribution in [0.25, 0.3) is 22.8 Å². The van der Waals surface area contributed by atoms with Crippen LogP contribution in [0.4, 0.5) is 5.69 Å². The van der Waals surface area contributed by atoms with E-state index in [9.17, 15) is 0 Å². The summed E-state index contributed by atoms with van der Waals surface area (Å²) in [6.07, 6.45) is 0. The first-order valence-electron chi connectivity index (χ1n) is 8.25. The fourth-order valence-corrected chi connectivity index (χ4v) is 2.83. The van der Waals surface area contributed by atoms with Crippen LogP contribution >= 0.6 is 0 Å². The average molecular weight is 337 g/mol. The number of morpholine rings is 1. The summed E-state index contributed by atoms with van der Waals surface area (Å²) >= 11 is 0. The molecule has 6 heteroatoms. The van der Waals surface area contributed by atoms with Crippen LogP contribution in [0, 0.1) is 0 Å². The number of anilines is 1. The highest BCUT2D eigenvalue weighted by atomic mass is 16.5. The summed E-state index contributed by atoms with van der Waals surface area (Å²) in [6, 6.07) is 15.8. The quantitative estimate of drug-likeness (QED) is 0.728. The molecule has 2 aromatic carbocycles. The first-order valence-corrected chi connectivity index (χ1v) is 8.25. The molecule has 3 aromatic rings. The van der Waals surface area contributed by atoms with Gasteiger partial charge in [0.15, 0.2) is 0 Å². The summed E-state index contributed by atoms with van der Waals surface area (Å²) in [5.41, 5.74) is 2.98. The van der Waals surface area contributed by atoms with E-state index < -0.39 is 0 Å². The molecule has 0 N–H and O–H groups in total. The van der Waals surface area contributed by atoms with Crippen LogP contribution in [0.5, 0.6) is 5.75 Å². The number of aromatic nitrogens is 2. The van der Waals surface area contributed by atoms with Crippen LogP contribution in [0.2, 0.25) is 0 Å². The van der Waals surface area contributed by atoms with E-state index in [0.717, 1.165) is 43.2 Å². The van der Waals surface area contributed by atoms with Gasteiger partial charge in [-0.2, -0.15) is 4.98 Å². The molecule has 2 heterocycles. The highest BCUT2D eigenvalue weighted by Gasteiger charge is 2.13.